The standard InChI is InChI=1S/C15H23NO4/c1-3-14(4-2,13(19)20)10-16-11(17)9-15(12(16)18)7-5-6-8-15/h3-10H2,1-2H3,(H,19,20). The molecule has 1 saturated heterocycles. The van der Waals surface area contributed by atoms with Gasteiger partial charge < -0.3 is 5.11 Å². The van der Waals surface area contributed by atoms with Crippen LogP contribution >= 0.6 is 0 Å². The minimum Gasteiger partial charge on any atom is -0.481 e. The molecule has 0 aromatic carbocycles. The number of hydrogen-bond acceptors (Lipinski definition) is 3. The fourth-order valence-corrected chi connectivity index (χ4v) is 3.61. The molecule has 2 fully saturated rings. The summed E-state index contributed by atoms with van der Waals surface area (Å²) in [4.78, 5) is 37.6. The summed E-state index contributed by atoms with van der Waals surface area (Å²) in [5, 5.41) is 9.46. The zero-order valence-corrected chi connectivity index (χ0v) is 12.3. The molecule has 1 spiro atoms. The van der Waals surface area contributed by atoms with Crippen LogP contribution < -0.4 is 0 Å². The van der Waals surface area contributed by atoms with E-state index in [0.29, 0.717) is 12.8 Å². The van der Waals surface area contributed by atoms with Gasteiger partial charge in [-0.2, -0.15) is 0 Å². The second kappa shape index (κ2) is 5.19. The molecule has 0 radical (unpaired) electrons. The summed E-state index contributed by atoms with van der Waals surface area (Å²) < 4.78 is 0. The molecule has 5 nitrogen and oxygen atoms in total. The van der Waals surface area contributed by atoms with Crippen molar-refractivity contribution in [2.45, 2.75) is 58.8 Å². The number of imide groups is 1. The molecule has 1 saturated carbocycles. The van der Waals surface area contributed by atoms with Gasteiger partial charge in [0.25, 0.3) is 0 Å². The van der Waals surface area contributed by atoms with E-state index in [1.807, 2.05) is 0 Å². The van der Waals surface area contributed by atoms with Crippen molar-refractivity contribution in [3.63, 3.8) is 0 Å². The Morgan fingerprint density at radius 1 is 1.25 bits per heavy atom. The van der Waals surface area contributed by atoms with E-state index >= 15 is 0 Å². The summed E-state index contributed by atoms with van der Waals surface area (Å²) in [6.45, 7) is 3.62. The molecule has 2 amide bonds. The lowest BCUT2D eigenvalue weighted by molar-refractivity contribution is -0.154. The first-order valence-corrected chi connectivity index (χ1v) is 7.49. The van der Waals surface area contributed by atoms with Crippen LogP contribution in [-0.4, -0.2) is 34.3 Å². The van der Waals surface area contributed by atoms with Crippen LogP contribution in [0.1, 0.15) is 58.8 Å². The molecular formula is C15H23NO4. The largest absolute Gasteiger partial charge is 0.481 e. The van der Waals surface area contributed by atoms with Crippen LogP contribution in [0.4, 0.5) is 0 Å². The first-order valence-electron chi connectivity index (χ1n) is 7.49. The number of carboxylic acids is 1. The van der Waals surface area contributed by atoms with Gasteiger partial charge in [0.05, 0.1) is 10.8 Å². The van der Waals surface area contributed by atoms with Crippen molar-refractivity contribution in [1.82, 2.24) is 4.90 Å². The van der Waals surface area contributed by atoms with Crippen molar-refractivity contribution < 1.29 is 19.5 Å². The third-order valence-corrected chi connectivity index (χ3v) is 5.32. The molecule has 112 valence electrons. The Labute approximate surface area is 119 Å². The summed E-state index contributed by atoms with van der Waals surface area (Å²) in [6, 6.07) is 0. The quantitative estimate of drug-likeness (QED) is 0.784. The van der Waals surface area contributed by atoms with Gasteiger partial charge in [-0.25, -0.2) is 0 Å². The van der Waals surface area contributed by atoms with Gasteiger partial charge in [-0.3, -0.25) is 19.3 Å². The van der Waals surface area contributed by atoms with Crippen LogP contribution in [0.2, 0.25) is 0 Å². The minimum atomic E-state index is -1.00. The molecule has 0 aromatic rings. The van der Waals surface area contributed by atoms with Crippen molar-refractivity contribution in [3.8, 4) is 0 Å². The highest BCUT2D eigenvalue weighted by Gasteiger charge is 2.54. The molecule has 2 rings (SSSR count). The van der Waals surface area contributed by atoms with Crippen molar-refractivity contribution in [2.75, 3.05) is 6.54 Å². The van der Waals surface area contributed by atoms with Crippen LogP contribution in [0.25, 0.3) is 0 Å². The highest BCUT2D eigenvalue weighted by atomic mass is 16.4. The van der Waals surface area contributed by atoms with Gasteiger partial charge in [-0.15, -0.1) is 0 Å². The molecular weight excluding hydrogens is 258 g/mol. The van der Waals surface area contributed by atoms with E-state index in [1.54, 1.807) is 13.8 Å². The van der Waals surface area contributed by atoms with Gasteiger partial charge in [0.1, 0.15) is 0 Å². The first kappa shape index (κ1) is 15.0. The SMILES string of the molecule is CCC(CC)(CN1C(=O)CC2(CCCC2)C1=O)C(=O)O. The van der Waals surface area contributed by atoms with Gasteiger partial charge in [0.15, 0.2) is 0 Å². The first-order chi connectivity index (χ1) is 9.41. The highest BCUT2D eigenvalue weighted by molar-refractivity contribution is 6.06. The number of nitrogens with zero attached hydrogens (tertiary/aromatic N) is 1. The van der Waals surface area contributed by atoms with E-state index in [1.165, 1.54) is 4.90 Å². The van der Waals surface area contributed by atoms with E-state index < -0.39 is 16.8 Å². The second-order valence-corrected chi connectivity index (χ2v) is 6.24. The normalized spacial score (nSPS) is 22.0. The monoisotopic (exact) mass is 281 g/mol. The Balaban J connectivity index is 2.23. The van der Waals surface area contributed by atoms with Crippen LogP contribution in [0.5, 0.6) is 0 Å². The number of carbonyl (C=O) groups is 3. The third-order valence-electron chi connectivity index (χ3n) is 5.32. The zero-order valence-electron chi connectivity index (χ0n) is 12.3. The van der Waals surface area contributed by atoms with Crippen LogP contribution in [0.15, 0.2) is 0 Å². The number of carbonyl (C=O) groups excluding carboxylic acids is 2. The summed E-state index contributed by atoms with van der Waals surface area (Å²) in [5.41, 5.74) is -1.52. The van der Waals surface area contributed by atoms with E-state index in [2.05, 4.69) is 0 Å². The van der Waals surface area contributed by atoms with Gasteiger partial charge in [-0.1, -0.05) is 26.7 Å². The molecule has 1 N–H and O–H groups in total. The summed E-state index contributed by atoms with van der Waals surface area (Å²) in [7, 11) is 0. The van der Waals surface area contributed by atoms with Gasteiger partial charge >= 0.3 is 5.97 Å². The molecule has 0 bridgehead atoms. The molecule has 0 atom stereocenters. The number of aliphatic carboxylic acids is 1. The Kier molecular flexibility index (Phi) is 3.89. The number of likely N-dealkylation sites (tertiary alicyclic amines) is 1. The Hall–Kier alpha value is -1.39. The van der Waals surface area contributed by atoms with Crippen molar-refractivity contribution in [1.29, 1.82) is 0 Å². The lowest BCUT2D eigenvalue weighted by Crippen LogP contribution is -2.46. The highest BCUT2D eigenvalue weighted by Crippen LogP contribution is 2.47. The van der Waals surface area contributed by atoms with E-state index in [4.69, 9.17) is 0 Å². The summed E-state index contributed by atoms with van der Waals surface area (Å²) in [5.74, 6) is -1.24. The third kappa shape index (κ3) is 2.13. The average molecular weight is 281 g/mol. The van der Waals surface area contributed by atoms with Crippen LogP contribution in [0, 0.1) is 10.8 Å². The van der Waals surface area contributed by atoms with Crippen LogP contribution in [-0.2, 0) is 14.4 Å². The molecule has 0 aromatic heterocycles. The molecule has 1 aliphatic heterocycles. The smallest absolute Gasteiger partial charge is 0.311 e. The lowest BCUT2D eigenvalue weighted by atomic mass is 9.81. The van der Waals surface area contributed by atoms with Crippen molar-refractivity contribution in [3.05, 3.63) is 0 Å². The number of carboxylic acid groups (broad SMARTS) is 1. The predicted molar refractivity (Wildman–Crippen MR) is 72.9 cm³/mol. The molecule has 1 heterocycles. The number of rotatable bonds is 5. The van der Waals surface area contributed by atoms with Gasteiger partial charge in [-0.05, 0) is 25.7 Å². The molecule has 1 aliphatic carbocycles. The molecule has 20 heavy (non-hydrogen) atoms. The summed E-state index contributed by atoms with van der Waals surface area (Å²) >= 11 is 0. The topological polar surface area (TPSA) is 74.7 Å². The Bertz CT molecular complexity index is 433. The Morgan fingerprint density at radius 3 is 2.25 bits per heavy atom. The van der Waals surface area contributed by atoms with Crippen LogP contribution in [0.3, 0.4) is 0 Å². The fraction of sp³-hybridized carbons (Fsp3) is 0.800. The van der Waals surface area contributed by atoms with Gasteiger partial charge in [0.2, 0.25) is 11.8 Å². The minimum absolute atomic E-state index is 0.0226. The van der Waals surface area contributed by atoms with Crippen molar-refractivity contribution >= 4 is 17.8 Å². The zero-order chi connectivity index (χ0) is 15.0. The van der Waals surface area contributed by atoms with Gasteiger partial charge in [0, 0.05) is 13.0 Å². The van der Waals surface area contributed by atoms with E-state index in [9.17, 15) is 19.5 Å². The Morgan fingerprint density at radius 2 is 1.80 bits per heavy atom. The van der Waals surface area contributed by atoms with E-state index in [-0.39, 0.29) is 24.8 Å². The lowest BCUT2D eigenvalue weighted by Gasteiger charge is -2.31. The molecule has 5 heteroatoms. The number of amides is 2. The predicted octanol–water partition coefficient (Wildman–Crippen LogP) is 2.20. The molecule has 0 unspecified atom stereocenters. The molecule has 2 aliphatic rings. The number of hydrogen-bond donors (Lipinski definition) is 1. The maximum Gasteiger partial charge on any atom is 0.311 e. The summed E-state index contributed by atoms with van der Waals surface area (Å²) in [6.07, 6.45) is 4.62. The average Bonchev–Trinajstić information content (AvgIpc) is 2.96. The van der Waals surface area contributed by atoms with Crippen molar-refractivity contribution in [2.24, 2.45) is 10.8 Å². The maximum atomic E-state index is 12.6. The maximum absolute atomic E-state index is 12.6. The fourth-order valence-electron chi connectivity index (χ4n) is 3.61. The van der Waals surface area contributed by atoms with E-state index in [0.717, 1.165) is 25.7 Å². The second-order valence-electron chi connectivity index (χ2n) is 6.24.